The van der Waals surface area contributed by atoms with Crippen LogP contribution in [0.4, 0.5) is 5.69 Å². The van der Waals surface area contributed by atoms with Gasteiger partial charge >= 0.3 is 0 Å². The first-order valence-electron chi connectivity index (χ1n) is 6.77. The van der Waals surface area contributed by atoms with Gasteiger partial charge in [-0.2, -0.15) is 0 Å². The number of hydrogen-bond acceptors (Lipinski definition) is 3. The molecule has 0 saturated heterocycles. The quantitative estimate of drug-likeness (QED) is 0.638. The summed E-state index contributed by atoms with van der Waals surface area (Å²) >= 11 is 0. The number of ketones is 1. The Balaban J connectivity index is 3.20. The molecule has 1 aromatic carbocycles. The van der Waals surface area contributed by atoms with Gasteiger partial charge in [0.25, 0.3) is 0 Å². The van der Waals surface area contributed by atoms with Crippen LogP contribution < -0.4 is 10.1 Å². The van der Waals surface area contributed by atoms with Crippen molar-refractivity contribution in [1.82, 2.24) is 0 Å². The lowest BCUT2D eigenvalue weighted by atomic mass is 10.0. The second kappa shape index (κ2) is 7.48. The number of benzene rings is 1. The number of carbonyl (C=O) groups is 2. The molecule has 1 aromatic rings. The number of Topliss-reactive ketones (excluding diaryl/α,β-unsaturated/α-hetero) is 1. The van der Waals surface area contributed by atoms with Gasteiger partial charge in [0.2, 0.25) is 5.91 Å². The van der Waals surface area contributed by atoms with E-state index in [1.54, 1.807) is 32.1 Å². The highest BCUT2D eigenvalue weighted by Crippen LogP contribution is 2.29. The van der Waals surface area contributed by atoms with Gasteiger partial charge in [0.15, 0.2) is 5.78 Å². The zero-order valence-corrected chi connectivity index (χ0v) is 12.4. The minimum atomic E-state index is -0.217. The van der Waals surface area contributed by atoms with Gasteiger partial charge < -0.3 is 10.1 Å². The van der Waals surface area contributed by atoms with Crippen LogP contribution in [0.15, 0.2) is 24.3 Å². The molecule has 0 radical (unpaired) electrons. The van der Waals surface area contributed by atoms with Crippen molar-refractivity contribution in [2.75, 3.05) is 11.9 Å². The van der Waals surface area contributed by atoms with Crippen molar-refractivity contribution in [3.63, 3.8) is 0 Å². The monoisotopic (exact) mass is 275 g/mol. The Bertz CT molecular complexity index is 533. The van der Waals surface area contributed by atoms with Gasteiger partial charge in [-0.05, 0) is 44.5 Å². The fourth-order valence-electron chi connectivity index (χ4n) is 1.91. The highest BCUT2D eigenvalue weighted by molar-refractivity contribution is 6.03. The van der Waals surface area contributed by atoms with E-state index in [1.807, 2.05) is 13.8 Å². The minimum Gasteiger partial charge on any atom is -0.493 e. The van der Waals surface area contributed by atoms with Crippen LogP contribution in [0.5, 0.6) is 5.75 Å². The van der Waals surface area contributed by atoms with E-state index >= 15 is 0 Å². The van der Waals surface area contributed by atoms with E-state index in [1.165, 1.54) is 6.08 Å². The molecule has 0 fully saturated rings. The highest BCUT2D eigenvalue weighted by Gasteiger charge is 2.15. The fraction of sp³-hybridized carbons (Fsp3) is 0.375. The minimum absolute atomic E-state index is 0.00122. The van der Waals surface area contributed by atoms with Crippen molar-refractivity contribution in [1.29, 1.82) is 0 Å². The summed E-state index contributed by atoms with van der Waals surface area (Å²) in [5.41, 5.74) is 1.96. The number of amides is 1. The largest absolute Gasteiger partial charge is 0.493 e. The van der Waals surface area contributed by atoms with E-state index in [9.17, 15) is 9.59 Å². The zero-order valence-electron chi connectivity index (χ0n) is 12.4. The number of hydrogen-bond donors (Lipinski definition) is 1. The molecular weight excluding hydrogens is 254 g/mol. The van der Waals surface area contributed by atoms with Crippen LogP contribution in [-0.4, -0.2) is 18.3 Å². The van der Waals surface area contributed by atoms with Crippen LogP contribution in [0, 0.1) is 6.92 Å². The fourth-order valence-corrected chi connectivity index (χ4v) is 1.91. The van der Waals surface area contributed by atoms with Crippen molar-refractivity contribution in [3.05, 3.63) is 35.4 Å². The molecule has 0 atom stereocenters. The van der Waals surface area contributed by atoms with Crippen LogP contribution in [0.2, 0.25) is 0 Å². The van der Waals surface area contributed by atoms with E-state index in [4.69, 9.17) is 4.74 Å². The first-order valence-corrected chi connectivity index (χ1v) is 6.77. The Morgan fingerprint density at radius 1 is 1.30 bits per heavy atom. The number of carbonyl (C=O) groups excluding carboxylic acids is 2. The van der Waals surface area contributed by atoms with E-state index in [2.05, 4.69) is 5.32 Å². The Kier molecular flexibility index (Phi) is 5.97. The van der Waals surface area contributed by atoms with Crippen molar-refractivity contribution >= 4 is 17.4 Å². The molecule has 4 heteroatoms. The summed E-state index contributed by atoms with van der Waals surface area (Å²) in [5.74, 6) is 0.382. The van der Waals surface area contributed by atoms with Gasteiger partial charge in [-0.3, -0.25) is 9.59 Å². The highest BCUT2D eigenvalue weighted by atomic mass is 16.5. The van der Waals surface area contributed by atoms with Gasteiger partial charge in [0.1, 0.15) is 5.75 Å². The lowest BCUT2D eigenvalue weighted by Crippen LogP contribution is -2.11. The van der Waals surface area contributed by atoms with Crippen molar-refractivity contribution < 1.29 is 14.3 Å². The van der Waals surface area contributed by atoms with E-state index in [-0.39, 0.29) is 11.7 Å². The molecule has 0 aliphatic heterocycles. The lowest BCUT2D eigenvalue weighted by molar-refractivity contribution is -0.111. The Labute approximate surface area is 119 Å². The Hall–Kier alpha value is -2.10. The number of ether oxygens (including phenoxy) is 1. The third-order valence-electron chi connectivity index (χ3n) is 2.77. The Morgan fingerprint density at radius 3 is 2.55 bits per heavy atom. The molecule has 0 aromatic heterocycles. The molecule has 1 amide bonds. The molecule has 0 bridgehead atoms. The molecule has 108 valence electrons. The third kappa shape index (κ3) is 3.95. The molecule has 0 heterocycles. The van der Waals surface area contributed by atoms with Gasteiger partial charge in [0, 0.05) is 12.1 Å². The second-order valence-electron chi connectivity index (χ2n) is 4.37. The van der Waals surface area contributed by atoms with Crippen LogP contribution in [0.25, 0.3) is 0 Å². The predicted molar refractivity (Wildman–Crippen MR) is 80.4 cm³/mol. The summed E-state index contributed by atoms with van der Waals surface area (Å²) in [6, 6.07) is 3.48. The van der Waals surface area contributed by atoms with Crippen molar-refractivity contribution in [2.45, 2.75) is 34.1 Å². The van der Waals surface area contributed by atoms with E-state index in [0.717, 1.165) is 5.56 Å². The van der Waals surface area contributed by atoms with Gasteiger partial charge in [-0.15, -0.1) is 0 Å². The molecule has 0 spiro atoms. The average molecular weight is 275 g/mol. The van der Waals surface area contributed by atoms with Gasteiger partial charge in [-0.1, -0.05) is 13.0 Å². The first kappa shape index (κ1) is 16.0. The maximum Gasteiger partial charge on any atom is 0.248 e. The van der Waals surface area contributed by atoms with Crippen LogP contribution >= 0.6 is 0 Å². The predicted octanol–water partition coefficient (Wildman–Crippen LogP) is 3.50. The molecule has 1 rings (SSSR count). The summed E-state index contributed by atoms with van der Waals surface area (Å²) in [6.07, 6.45) is 3.49. The van der Waals surface area contributed by atoms with Crippen LogP contribution in [0.3, 0.4) is 0 Å². The lowest BCUT2D eigenvalue weighted by Gasteiger charge is -2.14. The van der Waals surface area contributed by atoms with Gasteiger partial charge in [-0.25, -0.2) is 0 Å². The average Bonchev–Trinajstić information content (AvgIpc) is 2.41. The number of anilines is 1. The third-order valence-corrected chi connectivity index (χ3v) is 2.77. The first-order chi connectivity index (χ1) is 9.53. The summed E-state index contributed by atoms with van der Waals surface area (Å²) < 4.78 is 5.55. The molecule has 0 aliphatic carbocycles. The molecule has 20 heavy (non-hydrogen) atoms. The normalized spacial score (nSPS) is 10.6. The van der Waals surface area contributed by atoms with E-state index in [0.29, 0.717) is 30.0 Å². The number of nitrogens with one attached hydrogen (secondary N) is 1. The maximum atomic E-state index is 12.0. The van der Waals surface area contributed by atoms with Crippen molar-refractivity contribution in [3.8, 4) is 5.75 Å². The topological polar surface area (TPSA) is 55.4 Å². The smallest absolute Gasteiger partial charge is 0.248 e. The summed E-state index contributed by atoms with van der Waals surface area (Å²) in [4.78, 5) is 23.6. The number of rotatable bonds is 6. The number of allylic oxidation sites excluding steroid dienone is 1. The summed E-state index contributed by atoms with van der Waals surface area (Å²) in [6.45, 7) is 7.81. The Morgan fingerprint density at radius 2 is 2.00 bits per heavy atom. The zero-order chi connectivity index (χ0) is 15.1. The summed E-state index contributed by atoms with van der Waals surface area (Å²) in [5, 5.41) is 2.74. The van der Waals surface area contributed by atoms with Crippen LogP contribution in [-0.2, 0) is 4.79 Å². The molecule has 0 aliphatic rings. The molecule has 1 N–H and O–H groups in total. The molecule has 0 saturated carbocycles. The van der Waals surface area contributed by atoms with Crippen molar-refractivity contribution in [2.24, 2.45) is 0 Å². The summed E-state index contributed by atoms with van der Waals surface area (Å²) in [7, 11) is 0. The standard InChI is InChI=1S/C16H21NO3/c1-5-8-15(19)17-12-9-11(4)16(20-7-3)13(10-12)14(18)6-2/h5,8-10H,6-7H2,1-4H3,(H,17,19). The van der Waals surface area contributed by atoms with Gasteiger partial charge in [0.05, 0.1) is 12.2 Å². The maximum absolute atomic E-state index is 12.0. The molecule has 0 unspecified atom stereocenters. The number of aryl methyl sites for hydroxylation is 1. The van der Waals surface area contributed by atoms with E-state index < -0.39 is 0 Å². The second-order valence-corrected chi connectivity index (χ2v) is 4.37. The molecule has 4 nitrogen and oxygen atoms in total. The SMILES string of the molecule is CC=CC(=O)Nc1cc(C)c(OCC)c(C(=O)CC)c1. The van der Waals surface area contributed by atoms with Crippen LogP contribution in [0.1, 0.15) is 43.1 Å². The molecular formula is C16H21NO3.